The number of thiazole rings is 1. The van der Waals surface area contributed by atoms with Gasteiger partial charge in [-0.3, -0.25) is 4.79 Å². The molecule has 1 aromatic rings. The minimum atomic E-state index is 0.181. The maximum absolute atomic E-state index is 11.7. The molecule has 0 unspecified atom stereocenters. The summed E-state index contributed by atoms with van der Waals surface area (Å²) in [6.45, 7) is 4.87. The van der Waals surface area contributed by atoms with Gasteiger partial charge in [0.05, 0.1) is 13.1 Å². The molecule has 0 atom stereocenters. The molecule has 0 bridgehead atoms. The average Bonchev–Trinajstić information content (AvgIpc) is 2.50. The quantitative estimate of drug-likeness (QED) is 0.808. The smallest absolute Gasteiger partial charge is 0.236 e. The lowest BCUT2D eigenvalue weighted by Gasteiger charge is -2.18. The van der Waals surface area contributed by atoms with Crippen molar-refractivity contribution in [1.82, 2.24) is 15.2 Å². The molecule has 1 aliphatic heterocycles. The van der Waals surface area contributed by atoms with Crippen molar-refractivity contribution in [3.8, 4) is 0 Å². The van der Waals surface area contributed by atoms with Gasteiger partial charge in [0.2, 0.25) is 5.91 Å². The number of aryl methyl sites for hydroxylation is 1. The fraction of sp³-hybridized carbons (Fsp3) is 0.600. The average molecular weight is 225 g/mol. The van der Waals surface area contributed by atoms with E-state index in [1.54, 1.807) is 11.3 Å². The Kier molecular flexibility index (Phi) is 3.33. The molecule has 82 valence electrons. The number of hydrogen-bond donors (Lipinski definition) is 1. The van der Waals surface area contributed by atoms with Crippen molar-refractivity contribution in [1.29, 1.82) is 0 Å². The number of nitrogens with one attached hydrogen (secondary N) is 1. The highest BCUT2D eigenvalue weighted by atomic mass is 32.1. The number of nitrogens with zero attached hydrogens (tertiary/aromatic N) is 2. The van der Waals surface area contributed by atoms with Gasteiger partial charge in [0, 0.05) is 17.6 Å². The molecule has 4 nitrogen and oxygen atoms in total. The van der Waals surface area contributed by atoms with Crippen molar-refractivity contribution in [3.05, 3.63) is 16.1 Å². The number of carbonyl (C=O) groups excluding carboxylic acids is 1. The van der Waals surface area contributed by atoms with Crippen LogP contribution in [-0.2, 0) is 11.3 Å². The monoisotopic (exact) mass is 225 g/mol. The van der Waals surface area contributed by atoms with Gasteiger partial charge in [0.25, 0.3) is 0 Å². The highest BCUT2D eigenvalue weighted by Gasteiger charge is 2.17. The van der Waals surface area contributed by atoms with E-state index in [1.165, 1.54) is 0 Å². The standard InChI is InChI=1S/C10H15N3OS/c1-8-7-15-9(12-8)6-13-4-2-3-11-5-10(13)14/h7,11H,2-6H2,1H3. The summed E-state index contributed by atoms with van der Waals surface area (Å²) in [4.78, 5) is 17.9. The Hall–Kier alpha value is -0.940. The first-order valence-electron chi connectivity index (χ1n) is 5.15. The van der Waals surface area contributed by atoms with Crippen LogP contribution in [0.2, 0.25) is 0 Å². The van der Waals surface area contributed by atoms with E-state index in [-0.39, 0.29) is 5.91 Å². The molecule has 1 N–H and O–H groups in total. The van der Waals surface area contributed by atoms with Gasteiger partial charge in [-0.25, -0.2) is 4.98 Å². The van der Waals surface area contributed by atoms with Gasteiger partial charge in [-0.1, -0.05) is 0 Å². The third-order valence-corrected chi connectivity index (χ3v) is 3.35. The van der Waals surface area contributed by atoms with Crippen LogP contribution in [0.15, 0.2) is 5.38 Å². The third kappa shape index (κ3) is 2.76. The summed E-state index contributed by atoms with van der Waals surface area (Å²) in [5.41, 5.74) is 1.04. The minimum Gasteiger partial charge on any atom is -0.335 e. The van der Waals surface area contributed by atoms with E-state index < -0.39 is 0 Å². The number of hydrogen-bond acceptors (Lipinski definition) is 4. The van der Waals surface area contributed by atoms with Gasteiger partial charge >= 0.3 is 0 Å². The summed E-state index contributed by atoms with van der Waals surface area (Å²) < 4.78 is 0. The van der Waals surface area contributed by atoms with E-state index in [0.717, 1.165) is 30.2 Å². The van der Waals surface area contributed by atoms with E-state index >= 15 is 0 Å². The van der Waals surface area contributed by atoms with Crippen LogP contribution in [0.4, 0.5) is 0 Å². The number of aromatic nitrogens is 1. The molecule has 1 aromatic heterocycles. The van der Waals surface area contributed by atoms with E-state index in [0.29, 0.717) is 13.1 Å². The zero-order valence-electron chi connectivity index (χ0n) is 8.82. The molecule has 0 spiro atoms. The maximum atomic E-state index is 11.7. The lowest BCUT2D eigenvalue weighted by Crippen LogP contribution is -2.34. The van der Waals surface area contributed by atoms with E-state index in [2.05, 4.69) is 10.3 Å². The Morgan fingerprint density at radius 3 is 3.27 bits per heavy atom. The van der Waals surface area contributed by atoms with E-state index in [1.807, 2.05) is 17.2 Å². The van der Waals surface area contributed by atoms with Crippen molar-refractivity contribution >= 4 is 17.2 Å². The summed E-state index contributed by atoms with van der Waals surface area (Å²) in [6, 6.07) is 0. The van der Waals surface area contributed by atoms with Crippen LogP contribution in [0.5, 0.6) is 0 Å². The zero-order chi connectivity index (χ0) is 10.7. The number of amides is 1. The minimum absolute atomic E-state index is 0.181. The van der Waals surface area contributed by atoms with Gasteiger partial charge in [-0.05, 0) is 19.9 Å². The Bertz CT molecular complexity index is 350. The topological polar surface area (TPSA) is 45.2 Å². The number of carbonyl (C=O) groups is 1. The van der Waals surface area contributed by atoms with Crippen LogP contribution in [0.3, 0.4) is 0 Å². The highest BCUT2D eigenvalue weighted by Crippen LogP contribution is 2.12. The van der Waals surface area contributed by atoms with Gasteiger partial charge < -0.3 is 10.2 Å². The second-order valence-electron chi connectivity index (χ2n) is 3.73. The molecule has 0 aliphatic carbocycles. The van der Waals surface area contributed by atoms with Crippen LogP contribution in [0, 0.1) is 6.92 Å². The van der Waals surface area contributed by atoms with Gasteiger partial charge in [-0.2, -0.15) is 0 Å². The van der Waals surface area contributed by atoms with Crippen LogP contribution < -0.4 is 5.32 Å². The molecule has 1 aliphatic rings. The molecule has 0 radical (unpaired) electrons. The molecule has 5 heteroatoms. The molecular weight excluding hydrogens is 210 g/mol. The fourth-order valence-corrected chi connectivity index (χ4v) is 2.42. The van der Waals surface area contributed by atoms with E-state index in [4.69, 9.17) is 0 Å². The predicted molar refractivity (Wildman–Crippen MR) is 59.8 cm³/mol. The molecule has 2 rings (SSSR count). The van der Waals surface area contributed by atoms with Crippen molar-refractivity contribution < 1.29 is 4.79 Å². The van der Waals surface area contributed by atoms with E-state index in [9.17, 15) is 4.79 Å². The van der Waals surface area contributed by atoms with Crippen LogP contribution in [0.25, 0.3) is 0 Å². The highest BCUT2D eigenvalue weighted by molar-refractivity contribution is 7.09. The Morgan fingerprint density at radius 1 is 1.67 bits per heavy atom. The normalized spacial score (nSPS) is 17.9. The largest absolute Gasteiger partial charge is 0.335 e. The SMILES string of the molecule is Cc1csc(CN2CCCNCC2=O)n1. The zero-order valence-corrected chi connectivity index (χ0v) is 9.64. The summed E-state index contributed by atoms with van der Waals surface area (Å²) in [5, 5.41) is 6.16. The Labute approximate surface area is 93.3 Å². The van der Waals surface area contributed by atoms with Gasteiger partial charge in [0.15, 0.2) is 0 Å². The Balaban J connectivity index is 2.00. The lowest BCUT2D eigenvalue weighted by atomic mass is 10.4. The molecular formula is C10H15N3OS. The summed E-state index contributed by atoms with van der Waals surface area (Å²) in [5.74, 6) is 0.181. The second kappa shape index (κ2) is 4.72. The summed E-state index contributed by atoms with van der Waals surface area (Å²) >= 11 is 1.63. The third-order valence-electron chi connectivity index (χ3n) is 2.40. The van der Waals surface area contributed by atoms with Crippen LogP contribution in [0.1, 0.15) is 17.1 Å². The molecule has 15 heavy (non-hydrogen) atoms. The molecule has 1 amide bonds. The van der Waals surface area contributed by atoms with Crippen molar-refractivity contribution in [2.45, 2.75) is 19.9 Å². The molecule has 0 saturated carbocycles. The second-order valence-corrected chi connectivity index (χ2v) is 4.67. The molecule has 2 heterocycles. The first-order valence-corrected chi connectivity index (χ1v) is 6.03. The first-order chi connectivity index (χ1) is 7.25. The maximum Gasteiger partial charge on any atom is 0.236 e. The molecule has 1 fully saturated rings. The summed E-state index contributed by atoms with van der Waals surface area (Å²) in [6.07, 6.45) is 1.02. The first kappa shape index (κ1) is 10.6. The molecule has 0 aromatic carbocycles. The Morgan fingerprint density at radius 2 is 2.53 bits per heavy atom. The van der Waals surface area contributed by atoms with Crippen LogP contribution in [-0.4, -0.2) is 35.4 Å². The predicted octanol–water partition coefficient (Wildman–Crippen LogP) is 0.773. The van der Waals surface area contributed by atoms with Crippen LogP contribution >= 0.6 is 11.3 Å². The van der Waals surface area contributed by atoms with Gasteiger partial charge in [0.1, 0.15) is 5.01 Å². The van der Waals surface area contributed by atoms with Crippen molar-refractivity contribution in [2.24, 2.45) is 0 Å². The van der Waals surface area contributed by atoms with Crippen molar-refractivity contribution in [3.63, 3.8) is 0 Å². The van der Waals surface area contributed by atoms with Crippen molar-refractivity contribution in [2.75, 3.05) is 19.6 Å². The lowest BCUT2D eigenvalue weighted by molar-refractivity contribution is -0.130. The number of rotatable bonds is 2. The molecule has 1 saturated heterocycles. The van der Waals surface area contributed by atoms with Gasteiger partial charge in [-0.15, -0.1) is 11.3 Å². The summed E-state index contributed by atoms with van der Waals surface area (Å²) in [7, 11) is 0. The fourth-order valence-electron chi connectivity index (χ4n) is 1.63.